The van der Waals surface area contributed by atoms with Crippen molar-refractivity contribution in [2.24, 2.45) is 5.73 Å². The zero-order valence-corrected chi connectivity index (χ0v) is 10.7. The van der Waals surface area contributed by atoms with E-state index in [9.17, 15) is 0 Å². The molecule has 0 aromatic carbocycles. The molecule has 0 bridgehead atoms. The third-order valence-corrected chi connectivity index (χ3v) is 4.61. The quantitative estimate of drug-likeness (QED) is 0.735. The van der Waals surface area contributed by atoms with E-state index in [2.05, 4.69) is 16.8 Å². The summed E-state index contributed by atoms with van der Waals surface area (Å²) in [6.45, 7) is 0. The van der Waals surface area contributed by atoms with Crippen LogP contribution in [0.2, 0.25) is 0 Å². The molecule has 0 spiro atoms. The molecule has 0 saturated heterocycles. The standard InChI is InChI=1S/C15H24N2/c16-14-8-5-9-15-13(14)10-11-17(15)12-6-3-1-2-4-7-12/h10-12,14H,1-9,16H2. The summed E-state index contributed by atoms with van der Waals surface area (Å²) in [5, 5.41) is 0. The van der Waals surface area contributed by atoms with Gasteiger partial charge in [-0.1, -0.05) is 25.7 Å². The largest absolute Gasteiger partial charge is 0.348 e. The van der Waals surface area contributed by atoms with E-state index in [1.165, 1.54) is 63.4 Å². The van der Waals surface area contributed by atoms with Crippen molar-refractivity contribution in [3.05, 3.63) is 23.5 Å². The van der Waals surface area contributed by atoms with Crippen LogP contribution in [0.5, 0.6) is 0 Å². The molecule has 2 heteroatoms. The molecule has 1 fully saturated rings. The normalized spacial score (nSPS) is 26.5. The summed E-state index contributed by atoms with van der Waals surface area (Å²) in [7, 11) is 0. The minimum absolute atomic E-state index is 0.297. The van der Waals surface area contributed by atoms with Gasteiger partial charge in [0.1, 0.15) is 0 Å². The van der Waals surface area contributed by atoms with E-state index in [0.29, 0.717) is 6.04 Å². The Bertz CT molecular complexity index is 372. The summed E-state index contributed by atoms with van der Waals surface area (Å²) in [6, 6.07) is 3.33. The lowest BCUT2D eigenvalue weighted by Gasteiger charge is -2.25. The summed E-state index contributed by atoms with van der Waals surface area (Å²) in [4.78, 5) is 0. The Morgan fingerprint density at radius 3 is 2.53 bits per heavy atom. The van der Waals surface area contributed by atoms with Gasteiger partial charge in [-0.2, -0.15) is 0 Å². The molecule has 3 rings (SSSR count). The zero-order valence-electron chi connectivity index (χ0n) is 10.7. The van der Waals surface area contributed by atoms with Crippen LogP contribution in [0.4, 0.5) is 0 Å². The van der Waals surface area contributed by atoms with Crippen molar-refractivity contribution in [2.75, 3.05) is 0 Å². The minimum atomic E-state index is 0.297. The molecule has 0 radical (unpaired) electrons. The second kappa shape index (κ2) is 4.85. The molecule has 2 N–H and O–H groups in total. The second-order valence-corrected chi connectivity index (χ2v) is 5.77. The summed E-state index contributed by atoms with van der Waals surface area (Å²) in [5.41, 5.74) is 9.19. The number of nitrogens with two attached hydrogens (primary N) is 1. The van der Waals surface area contributed by atoms with Crippen LogP contribution in [-0.2, 0) is 6.42 Å². The molecule has 1 aromatic rings. The van der Waals surface area contributed by atoms with Gasteiger partial charge in [0.15, 0.2) is 0 Å². The number of rotatable bonds is 1. The van der Waals surface area contributed by atoms with Crippen LogP contribution in [0.25, 0.3) is 0 Å². The monoisotopic (exact) mass is 232 g/mol. The van der Waals surface area contributed by atoms with Gasteiger partial charge >= 0.3 is 0 Å². The Balaban J connectivity index is 1.87. The van der Waals surface area contributed by atoms with E-state index in [1.54, 1.807) is 5.69 Å². The van der Waals surface area contributed by atoms with Gasteiger partial charge in [0.2, 0.25) is 0 Å². The summed E-state index contributed by atoms with van der Waals surface area (Å²) < 4.78 is 2.57. The fraction of sp³-hybridized carbons (Fsp3) is 0.733. The maximum atomic E-state index is 6.21. The molecule has 2 aliphatic rings. The van der Waals surface area contributed by atoms with Crippen LogP contribution >= 0.6 is 0 Å². The lowest BCUT2D eigenvalue weighted by Crippen LogP contribution is -2.19. The van der Waals surface area contributed by atoms with Gasteiger partial charge in [0.05, 0.1) is 0 Å². The van der Waals surface area contributed by atoms with Crippen LogP contribution in [-0.4, -0.2) is 4.57 Å². The van der Waals surface area contributed by atoms with E-state index < -0.39 is 0 Å². The maximum Gasteiger partial charge on any atom is 0.0333 e. The van der Waals surface area contributed by atoms with Crippen LogP contribution in [0, 0.1) is 0 Å². The van der Waals surface area contributed by atoms with Crippen molar-refractivity contribution in [3.8, 4) is 0 Å². The van der Waals surface area contributed by atoms with Crippen molar-refractivity contribution in [3.63, 3.8) is 0 Å². The summed E-state index contributed by atoms with van der Waals surface area (Å²) in [6.07, 6.45) is 14.4. The van der Waals surface area contributed by atoms with Gasteiger partial charge in [-0.05, 0) is 43.7 Å². The molecular weight excluding hydrogens is 208 g/mol. The molecule has 1 aromatic heterocycles. The second-order valence-electron chi connectivity index (χ2n) is 5.77. The zero-order chi connectivity index (χ0) is 11.7. The molecule has 2 nitrogen and oxygen atoms in total. The number of hydrogen-bond donors (Lipinski definition) is 1. The van der Waals surface area contributed by atoms with E-state index in [0.717, 1.165) is 6.04 Å². The number of fused-ring (bicyclic) bond motifs is 1. The highest BCUT2D eigenvalue weighted by molar-refractivity contribution is 5.28. The van der Waals surface area contributed by atoms with Crippen LogP contribution < -0.4 is 5.73 Å². The number of nitrogens with zero attached hydrogens (tertiary/aromatic N) is 1. The molecule has 1 unspecified atom stereocenters. The Morgan fingerprint density at radius 1 is 1.00 bits per heavy atom. The Hall–Kier alpha value is -0.760. The Kier molecular flexibility index (Phi) is 3.24. The summed E-state index contributed by atoms with van der Waals surface area (Å²) >= 11 is 0. The smallest absolute Gasteiger partial charge is 0.0333 e. The van der Waals surface area contributed by atoms with E-state index >= 15 is 0 Å². The molecule has 2 aliphatic carbocycles. The van der Waals surface area contributed by atoms with Crippen LogP contribution in [0.1, 0.15) is 74.7 Å². The third-order valence-electron chi connectivity index (χ3n) is 4.61. The molecule has 0 aliphatic heterocycles. The highest BCUT2D eigenvalue weighted by Crippen LogP contribution is 2.34. The first-order valence-corrected chi connectivity index (χ1v) is 7.31. The minimum Gasteiger partial charge on any atom is -0.348 e. The fourth-order valence-corrected chi connectivity index (χ4v) is 3.63. The first-order valence-electron chi connectivity index (χ1n) is 7.31. The molecule has 94 valence electrons. The van der Waals surface area contributed by atoms with E-state index in [1.807, 2.05) is 0 Å². The van der Waals surface area contributed by atoms with E-state index in [4.69, 9.17) is 5.73 Å². The SMILES string of the molecule is NC1CCCc2c1ccn2C1CCCCCC1. The average molecular weight is 232 g/mol. The van der Waals surface area contributed by atoms with Crippen LogP contribution in [0.15, 0.2) is 12.3 Å². The highest BCUT2D eigenvalue weighted by Gasteiger charge is 2.23. The molecule has 1 atom stereocenters. The third kappa shape index (κ3) is 2.15. The number of hydrogen-bond acceptors (Lipinski definition) is 1. The van der Waals surface area contributed by atoms with Crippen molar-refractivity contribution in [1.29, 1.82) is 0 Å². The van der Waals surface area contributed by atoms with Crippen molar-refractivity contribution < 1.29 is 0 Å². The van der Waals surface area contributed by atoms with Crippen molar-refractivity contribution in [2.45, 2.75) is 69.9 Å². The highest BCUT2D eigenvalue weighted by atomic mass is 15.0. The lowest BCUT2D eigenvalue weighted by molar-refractivity contribution is 0.421. The van der Waals surface area contributed by atoms with Crippen molar-refractivity contribution >= 4 is 0 Å². The van der Waals surface area contributed by atoms with E-state index in [-0.39, 0.29) is 0 Å². The van der Waals surface area contributed by atoms with Gasteiger partial charge in [-0.3, -0.25) is 0 Å². The van der Waals surface area contributed by atoms with Gasteiger partial charge in [0.25, 0.3) is 0 Å². The van der Waals surface area contributed by atoms with Gasteiger partial charge in [-0.15, -0.1) is 0 Å². The van der Waals surface area contributed by atoms with Crippen LogP contribution in [0.3, 0.4) is 0 Å². The molecule has 17 heavy (non-hydrogen) atoms. The first-order chi connectivity index (χ1) is 8.36. The van der Waals surface area contributed by atoms with Crippen molar-refractivity contribution in [1.82, 2.24) is 4.57 Å². The summed E-state index contributed by atoms with van der Waals surface area (Å²) in [5.74, 6) is 0. The maximum absolute atomic E-state index is 6.21. The average Bonchev–Trinajstić information content (AvgIpc) is 2.59. The molecule has 1 heterocycles. The first kappa shape index (κ1) is 11.3. The Labute approximate surface area is 104 Å². The molecule has 0 amide bonds. The lowest BCUT2D eigenvalue weighted by atomic mass is 9.93. The van der Waals surface area contributed by atoms with Gasteiger partial charge in [0, 0.05) is 24.0 Å². The number of aromatic nitrogens is 1. The predicted octanol–water partition coefficient (Wildman–Crippen LogP) is 3.72. The molecular formula is C15H24N2. The van der Waals surface area contributed by atoms with Gasteiger partial charge < -0.3 is 10.3 Å². The Morgan fingerprint density at radius 2 is 1.76 bits per heavy atom. The fourth-order valence-electron chi connectivity index (χ4n) is 3.63. The topological polar surface area (TPSA) is 30.9 Å². The predicted molar refractivity (Wildman–Crippen MR) is 71.0 cm³/mol. The molecule has 1 saturated carbocycles. The van der Waals surface area contributed by atoms with Gasteiger partial charge in [-0.25, -0.2) is 0 Å².